The SMILES string of the molecule is O=C(NCC1CCCCC1CCl)c1cc(Cl)sc1Cl. The van der Waals surface area contributed by atoms with Crippen LogP contribution in [0.15, 0.2) is 6.07 Å². The fraction of sp³-hybridized carbons (Fsp3) is 0.615. The van der Waals surface area contributed by atoms with E-state index < -0.39 is 0 Å². The lowest BCUT2D eigenvalue weighted by molar-refractivity contribution is 0.0937. The van der Waals surface area contributed by atoms with E-state index in [1.165, 1.54) is 24.2 Å². The van der Waals surface area contributed by atoms with Crippen LogP contribution in [-0.4, -0.2) is 18.3 Å². The van der Waals surface area contributed by atoms with Crippen molar-refractivity contribution in [3.05, 3.63) is 20.3 Å². The molecule has 6 heteroatoms. The molecule has 2 nitrogen and oxygen atoms in total. The molecule has 0 spiro atoms. The third-order valence-corrected chi connectivity index (χ3v) is 5.57. The Labute approximate surface area is 132 Å². The van der Waals surface area contributed by atoms with E-state index in [0.29, 0.717) is 38.5 Å². The van der Waals surface area contributed by atoms with Gasteiger partial charge < -0.3 is 5.32 Å². The summed E-state index contributed by atoms with van der Waals surface area (Å²) in [5.41, 5.74) is 0.467. The minimum Gasteiger partial charge on any atom is -0.352 e. The molecule has 0 radical (unpaired) electrons. The molecule has 19 heavy (non-hydrogen) atoms. The molecule has 0 aromatic carbocycles. The first kappa shape index (κ1) is 15.4. The van der Waals surface area contributed by atoms with Gasteiger partial charge in [-0.2, -0.15) is 0 Å². The van der Waals surface area contributed by atoms with Crippen molar-refractivity contribution in [1.82, 2.24) is 5.32 Å². The molecule has 0 saturated heterocycles. The van der Waals surface area contributed by atoms with Crippen LogP contribution in [0.25, 0.3) is 0 Å². The molecule has 0 bridgehead atoms. The summed E-state index contributed by atoms with van der Waals surface area (Å²) in [6.45, 7) is 0.667. The molecule has 0 aliphatic heterocycles. The number of amides is 1. The molecular weight excluding hydrogens is 325 g/mol. The Bertz CT molecular complexity index is 449. The van der Waals surface area contributed by atoms with Crippen molar-refractivity contribution in [2.24, 2.45) is 11.8 Å². The molecule has 1 saturated carbocycles. The van der Waals surface area contributed by atoms with Crippen LogP contribution in [0.4, 0.5) is 0 Å². The molecular formula is C13H16Cl3NOS. The zero-order chi connectivity index (χ0) is 13.8. The Kier molecular flexibility index (Phi) is 5.82. The van der Waals surface area contributed by atoms with Crippen molar-refractivity contribution >= 4 is 52.0 Å². The van der Waals surface area contributed by atoms with E-state index in [1.807, 2.05) is 0 Å². The Morgan fingerprint density at radius 3 is 2.58 bits per heavy atom. The van der Waals surface area contributed by atoms with Gasteiger partial charge >= 0.3 is 0 Å². The summed E-state index contributed by atoms with van der Waals surface area (Å²) >= 11 is 19.0. The molecule has 1 aliphatic carbocycles. The summed E-state index contributed by atoms with van der Waals surface area (Å²) < 4.78 is 0.978. The third kappa shape index (κ3) is 4.01. The minimum absolute atomic E-state index is 0.146. The first-order valence-corrected chi connectivity index (χ1v) is 8.51. The fourth-order valence-electron chi connectivity index (χ4n) is 2.57. The highest BCUT2D eigenvalue weighted by Crippen LogP contribution is 2.32. The van der Waals surface area contributed by atoms with Gasteiger partial charge in [-0.15, -0.1) is 22.9 Å². The lowest BCUT2D eigenvalue weighted by Gasteiger charge is -2.30. The van der Waals surface area contributed by atoms with Crippen LogP contribution in [0.3, 0.4) is 0 Å². The van der Waals surface area contributed by atoms with E-state index in [-0.39, 0.29) is 5.91 Å². The van der Waals surface area contributed by atoms with Crippen molar-refractivity contribution in [3.63, 3.8) is 0 Å². The van der Waals surface area contributed by atoms with Gasteiger partial charge in [0.25, 0.3) is 5.91 Å². The van der Waals surface area contributed by atoms with Crippen LogP contribution in [0.5, 0.6) is 0 Å². The second-order valence-corrected chi connectivity index (χ2v) is 7.50. The molecule has 106 valence electrons. The van der Waals surface area contributed by atoms with Crippen molar-refractivity contribution < 1.29 is 4.79 Å². The summed E-state index contributed by atoms with van der Waals surface area (Å²) in [5.74, 6) is 1.51. The van der Waals surface area contributed by atoms with Gasteiger partial charge in [0.05, 0.1) is 9.90 Å². The molecule has 1 amide bonds. The van der Waals surface area contributed by atoms with Crippen LogP contribution in [-0.2, 0) is 0 Å². The maximum atomic E-state index is 12.0. The highest BCUT2D eigenvalue weighted by Gasteiger charge is 2.25. The van der Waals surface area contributed by atoms with Gasteiger partial charge in [0.15, 0.2) is 0 Å². The summed E-state index contributed by atoms with van der Waals surface area (Å²) in [7, 11) is 0. The maximum absolute atomic E-state index is 12.0. The number of halogens is 3. The van der Waals surface area contributed by atoms with Crippen molar-refractivity contribution in [3.8, 4) is 0 Å². The van der Waals surface area contributed by atoms with E-state index in [2.05, 4.69) is 5.32 Å². The van der Waals surface area contributed by atoms with Gasteiger partial charge in [0, 0.05) is 12.4 Å². The minimum atomic E-state index is -0.146. The molecule has 1 aliphatic rings. The average Bonchev–Trinajstić information content (AvgIpc) is 2.75. The predicted molar refractivity (Wildman–Crippen MR) is 82.8 cm³/mol. The maximum Gasteiger partial charge on any atom is 0.253 e. The zero-order valence-electron chi connectivity index (χ0n) is 10.4. The van der Waals surface area contributed by atoms with Crippen LogP contribution in [0, 0.1) is 11.8 Å². The number of hydrogen-bond donors (Lipinski definition) is 1. The zero-order valence-corrected chi connectivity index (χ0v) is 13.5. The lowest BCUT2D eigenvalue weighted by atomic mass is 9.80. The topological polar surface area (TPSA) is 29.1 Å². The Balaban J connectivity index is 1.91. The molecule has 2 atom stereocenters. The van der Waals surface area contributed by atoms with Gasteiger partial charge in [-0.05, 0) is 30.7 Å². The average molecular weight is 341 g/mol. The monoisotopic (exact) mass is 339 g/mol. The number of carbonyl (C=O) groups is 1. The Morgan fingerprint density at radius 1 is 1.32 bits per heavy atom. The van der Waals surface area contributed by atoms with E-state index >= 15 is 0 Å². The molecule has 1 fully saturated rings. The highest BCUT2D eigenvalue weighted by molar-refractivity contribution is 7.20. The molecule has 2 rings (SSSR count). The standard InChI is InChI=1S/C13H16Cl3NOS/c14-6-8-3-1-2-4-9(8)7-17-13(18)10-5-11(15)19-12(10)16/h5,8-9H,1-4,6-7H2,(H,17,18). The smallest absolute Gasteiger partial charge is 0.253 e. The first-order valence-electron chi connectivity index (χ1n) is 6.40. The van der Waals surface area contributed by atoms with Gasteiger partial charge in [-0.1, -0.05) is 36.0 Å². The van der Waals surface area contributed by atoms with Gasteiger partial charge in [0.2, 0.25) is 0 Å². The molecule has 1 aromatic rings. The van der Waals surface area contributed by atoms with Crippen molar-refractivity contribution in [2.75, 3.05) is 12.4 Å². The third-order valence-electron chi connectivity index (χ3n) is 3.69. The second-order valence-electron chi connectivity index (χ2n) is 4.91. The summed E-state index contributed by atoms with van der Waals surface area (Å²) in [6.07, 6.45) is 4.76. The van der Waals surface area contributed by atoms with E-state index in [0.717, 1.165) is 12.8 Å². The number of carbonyl (C=O) groups excluding carboxylic acids is 1. The lowest BCUT2D eigenvalue weighted by Crippen LogP contribution is -2.34. The van der Waals surface area contributed by atoms with Crippen LogP contribution in [0.2, 0.25) is 8.67 Å². The Morgan fingerprint density at radius 2 is 2.00 bits per heavy atom. The first-order chi connectivity index (χ1) is 9.11. The van der Waals surface area contributed by atoms with Gasteiger partial charge in [-0.3, -0.25) is 4.79 Å². The van der Waals surface area contributed by atoms with Gasteiger partial charge in [-0.25, -0.2) is 0 Å². The fourth-order valence-corrected chi connectivity index (χ4v) is 4.44. The van der Waals surface area contributed by atoms with E-state index in [4.69, 9.17) is 34.8 Å². The number of thiophene rings is 1. The van der Waals surface area contributed by atoms with E-state index in [1.54, 1.807) is 6.07 Å². The van der Waals surface area contributed by atoms with Crippen molar-refractivity contribution in [2.45, 2.75) is 25.7 Å². The number of alkyl halides is 1. The molecule has 1 N–H and O–H groups in total. The number of rotatable bonds is 4. The molecule has 1 aromatic heterocycles. The van der Waals surface area contributed by atoms with Crippen molar-refractivity contribution in [1.29, 1.82) is 0 Å². The summed E-state index contributed by atoms with van der Waals surface area (Å²) in [6, 6.07) is 1.61. The van der Waals surface area contributed by atoms with Crippen LogP contribution >= 0.6 is 46.1 Å². The second kappa shape index (κ2) is 7.16. The molecule has 1 heterocycles. The van der Waals surface area contributed by atoms with Crippen LogP contribution < -0.4 is 5.32 Å². The predicted octanol–water partition coefficient (Wildman–Crippen LogP) is 4.83. The molecule has 2 unspecified atom stereocenters. The normalized spacial score (nSPS) is 23.3. The quantitative estimate of drug-likeness (QED) is 0.781. The number of hydrogen-bond acceptors (Lipinski definition) is 2. The number of nitrogens with one attached hydrogen (secondary N) is 1. The van der Waals surface area contributed by atoms with Crippen LogP contribution in [0.1, 0.15) is 36.0 Å². The van der Waals surface area contributed by atoms with E-state index in [9.17, 15) is 4.79 Å². The largest absolute Gasteiger partial charge is 0.352 e. The van der Waals surface area contributed by atoms with Gasteiger partial charge in [0.1, 0.15) is 4.34 Å². The summed E-state index contributed by atoms with van der Waals surface area (Å²) in [4.78, 5) is 12.0. The Hall–Kier alpha value is 0.0400. The summed E-state index contributed by atoms with van der Waals surface area (Å²) in [5, 5.41) is 2.95. The highest BCUT2D eigenvalue weighted by atomic mass is 35.5.